The Balaban J connectivity index is 2.30. The third-order valence-corrected chi connectivity index (χ3v) is 2.39. The maximum Gasteiger partial charge on any atom is 0.376 e. The van der Waals surface area contributed by atoms with Crippen LogP contribution >= 0.6 is 0 Å². The number of methoxy groups -OCH3 is 1. The Labute approximate surface area is 99.2 Å². The molecular weight excluding hydrogens is 218 g/mol. The van der Waals surface area contributed by atoms with E-state index in [1.54, 1.807) is 6.92 Å². The third kappa shape index (κ3) is 2.53. The van der Waals surface area contributed by atoms with E-state index in [2.05, 4.69) is 9.72 Å². The summed E-state index contributed by atoms with van der Waals surface area (Å²) in [6, 6.07) is 9.79. The molecule has 2 rings (SSSR count). The molecule has 1 heterocycles. The lowest BCUT2D eigenvalue weighted by Gasteiger charge is -1.99. The molecule has 0 atom stereocenters. The quantitative estimate of drug-likeness (QED) is 0.761. The number of nitrogens with zero attached hydrogens (tertiary/aromatic N) is 1. The van der Waals surface area contributed by atoms with Gasteiger partial charge in [0.1, 0.15) is 0 Å². The van der Waals surface area contributed by atoms with Crippen LogP contribution < -0.4 is 0 Å². The molecule has 0 bridgehead atoms. The number of aryl methyl sites for hydroxylation is 1. The first-order chi connectivity index (χ1) is 8.20. The summed E-state index contributed by atoms with van der Waals surface area (Å²) in [4.78, 5) is 15.7. The molecule has 88 valence electrons. The molecule has 1 aromatic heterocycles. The van der Waals surface area contributed by atoms with Gasteiger partial charge in [-0.3, -0.25) is 0 Å². The first-order valence-corrected chi connectivity index (χ1v) is 5.29. The van der Waals surface area contributed by atoms with Crippen molar-refractivity contribution in [2.45, 2.75) is 13.3 Å². The van der Waals surface area contributed by atoms with Gasteiger partial charge in [0.2, 0.25) is 5.76 Å². The first-order valence-electron chi connectivity index (χ1n) is 5.29. The summed E-state index contributed by atoms with van der Waals surface area (Å²) in [6.07, 6.45) is 0.558. The van der Waals surface area contributed by atoms with Gasteiger partial charge < -0.3 is 9.15 Å². The Morgan fingerprint density at radius 2 is 2.06 bits per heavy atom. The van der Waals surface area contributed by atoms with E-state index < -0.39 is 5.97 Å². The summed E-state index contributed by atoms with van der Waals surface area (Å²) >= 11 is 0. The van der Waals surface area contributed by atoms with E-state index in [4.69, 9.17) is 4.42 Å². The van der Waals surface area contributed by atoms with Crippen LogP contribution in [-0.4, -0.2) is 18.1 Å². The maximum atomic E-state index is 11.5. The number of oxazole rings is 1. The van der Waals surface area contributed by atoms with E-state index in [1.807, 2.05) is 30.3 Å². The largest absolute Gasteiger partial charge is 0.463 e. The summed E-state index contributed by atoms with van der Waals surface area (Å²) in [5.74, 6) is 0.168. The lowest BCUT2D eigenvalue weighted by Crippen LogP contribution is -2.04. The molecule has 0 unspecified atom stereocenters. The zero-order valence-corrected chi connectivity index (χ0v) is 9.77. The highest BCUT2D eigenvalue weighted by molar-refractivity contribution is 5.87. The summed E-state index contributed by atoms with van der Waals surface area (Å²) in [7, 11) is 1.33. The molecule has 0 aliphatic carbocycles. The van der Waals surface area contributed by atoms with E-state index >= 15 is 0 Å². The lowest BCUT2D eigenvalue weighted by molar-refractivity contribution is 0.0562. The van der Waals surface area contributed by atoms with E-state index in [1.165, 1.54) is 7.11 Å². The monoisotopic (exact) mass is 231 g/mol. The molecule has 4 nitrogen and oxygen atoms in total. The van der Waals surface area contributed by atoms with Crippen LogP contribution in [0.15, 0.2) is 34.7 Å². The fourth-order valence-electron chi connectivity index (χ4n) is 1.63. The highest BCUT2D eigenvalue weighted by Gasteiger charge is 2.19. The Kier molecular flexibility index (Phi) is 3.23. The van der Waals surface area contributed by atoms with Gasteiger partial charge in [-0.1, -0.05) is 30.3 Å². The lowest BCUT2D eigenvalue weighted by atomic mass is 10.1. The van der Waals surface area contributed by atoms with Crippen molar-refractivity contribution in [1.29, 1.82) is 0 Å². The number of carbonyl (C=O) groups is 1. The molecule has 0 aliphatic rings. The fourth-order valence-corrected chi connectivity index (χ4v) is 1.63. The van der Waals surface area contributed by atoms with Crippen molar-refractivity contribution < 1.29 is 13.9 Å². The normalized spacial score (nSPS) is 10.2. The first kappa shape index (κ1) is 11.4. The Morgan fingerprint density at radius 1 is 1.35 bits per heavy atom. The SMILES string of the molecule is COC(=O)c1oc(C)nc1Cc1ccccc1. The van der Waals surface area contributed by atoms with Gasteiger partial charge in [-0.05, 0) is 5.56 Å². The smallest absolute Gasteiger partial charge is 0.376 e. The summed E-state index contributed by atoms with van der Waals surface area (Å²) in [5.41, 5.74) is 1.69. The van der Waals surface area contributed by atoms with Crippen LogP contribution in [0.1, 0.15) is 27.7 Å². The van der Waals surface area contributed by atoms with Gasteiger partial charge in [-0.2, -0.15) is 0 Å². The Hall–Kier alpha value is -2.10. The number of hydrogen-bond donors (Lipinski definition) is 0. The van der Waals surface area contributed by atoms with Gasteiger partial charge >= 0.3 is 5.97 Å². The van der Waals surface area contributed by atoms with Crippen LogP contribution in [0.25, 0.3) is 0 Å². The van der Waals surface area contributed by atoms with Crippen LogP contribution in [0.3, 0.4) is 0 Å². The van der Waals surface area contributed by atoms with Gasteiger partial charge in [-0.25, -0.2) is 9.78 Å². The average Bonchev–Trinajstić information content (AvgIpc) is 2.70. The van der Waals surface area contributed by atoms with Gasteiger partial charge in [-0.15, -0.1) is 0 Å². The maximum absolute atomic E-state index is 11.5. The molecule has 0 N–H and O–H groups in total. The second-order valence-electron chi connectivity index (χ2n) is 3.66. The van der Waals surface area contributed by atoms with Gasteiger partial charge in [0.15, 0.2) is 5.89 Å². The van der Waals surface area contributed by atoms with Crippen molar-refractivity contribution in [3.63, 3.8) is 0 Å². The van der Waals surface area contributed by atoms with Crippen LogP contribution in [0.5, 0.6) is 0 Å². The number of esters is 1. The summed E-state index contributed by atoms with van der Waals surface area (Å²) in [5, 5.41) is 0. The number of carbonyl (C=O) groups excluding carboxylic acids is 1. The zero-order chi connectivity index (χ0) is 12.3. The molecule has 0 fully saturated rings. The molecule has 1 aromatic carbocycles. The third-order valence-electron chi connectivity index (χ3n) is 2.39. The molecule has 2 aromatic rings. The van der Waals surface area contributed by atoms with E-state index in [-0.39, 0.29) is 5.76 Å². The predicted molar refractivity (Wildman–Crippen MR) is 61.8 cm³/mol. The average molecular weight is 231 g/mol. The van der Waals surface area contributed by atoms with Crippen molar-refractivity contribution >= 4 is 5.97 Å². The van der Waals surface area contributed by atoms with Gasteiger partial charge in [0.25, 0.3) is 0 Å². The van der Waals surface area contributed by atoms with Crippen molar-refractivity contribution in [2.75, 3.05) is 7.11 Å². The fraction of sp³-hybridized carbons (Fsp3) is 0.231. The molecule has 0 aliphatic heterocycles. The van der Waals surface area contributed by atoms with Crippen LogP contribution in [0.4, 0.5) is 0 Å². The molecule has 17 heavy (non-hydrogen) atoms. The second-order valence-corrected chi connectivity index (χ2v) is 3.66. The van der Waals surface area contributed by atoms with Crippen molar-refractivity contribution in [3.8, 4) is 0 Å². The second kappa shape index (κ2) is 4.82. The zero-order valence-electron chi connectivity index (χ0n) is 9.77. The minimum absolute atomic E-state index is 0.189. The van der Waals surface area contributed by atoms with Crippen LogP contribution in [0.2, 0.25) is 0 Å². The van der Waals surface area contributed by atoms with E-state index in [0.29, 0.717) is 18.0 Å². The highest BCUT2D eigenvalue weighted by Crippen LogP contribution is 2.16. The summed E-state index contributed by atoms with van der Waals surface area (Å²) in [6.45, 7) is 1.71. The summed E-state index contributed by atoms with van der Waals surface area (Å²) < 4.78 is 9.91. The number of hydrogen-bond acceptors (Lipinski definition) is 4. The van der Waals surface area contributed by atoms with Crippen molar-refractivity contribution in [2.24, 2.45) is 0 Å². The standard InChI is InChI=1S/C13H13NO3/c1-9-14-11(12(17-9)13(15)16-2)8-10-6-4-3-5-7-10/h3-7H,8H2,1-2H3. The molecular formula is C13H13NO3. The predicted octanol–water partition coefficient (Wildman–Crippen LogP) is 2.36. The highest BCUT2D eigenvalue weighted by atomic mass is 16.5. The molecule has 0 spiro atoms. The van der Waals surface area contributed by atoms with Crippen LogP contribution in [-0.2, 0) is 11.2 Å². The van der Waals surface area contributed by atoms with Gasteiger partial charge in [0, 0.05) is 13.3 Å². The molecule has 0 radical (unpaired) electrons. The molecule has 4 heteroatoms. The Morgan fingerprint density at radius 3 is 2.71 bits per heavy atom. The number of aromatic nitrogens is 1. The number of ether oxygens (including phenoxy) is 1. The molecule has 0 saturated heterocycles. The minimum Gasteiger partial charge on any atom is -0.463 e. The molecule has 0 amide bonds. The van der Waals surface area contributed by atoms with Crippen molar-refractivity contribution in [3.05, 3.63) is 53.2 Å². The number of rotatable bonds is 3. The Bertz CT molecular complexity index is 517. The van der Waals surface area contributed by atoms with Gasteiger partial charge in [0.05, 0.1) is 12.8 Å². The number of benzene rings is 1. The van der Waals surface area contributed by atoms with E-state index in [0.717, 1.165) is 5.56 Å². The van der Waals surface area contributed by atoms with Crippen molar-refractivity contribution in [1.82, 2.24) is 4.98 Å². The molecule has 0 saturated carbocycles. The minimum atomic E-state index is -0.489. The van der Waals surface area contributed by atoms with E-state index in [9.17, 15) is 4.79 Å². The van der Waals surface area contributed by atoms with Crippen LogP contribution in [0, 0.1) is 6.92 Å². The topological polar surface area (TPSA) is 52.3 Å².